The number of carbonyl (C=O) groups excluding carboxylic acids is 1. The van der Waals surface area contributed by atoms with Gasteiger partial charge in [-0.15, -0.1) is 0 Å². The van der Waals surface area contributed by atoms with Crippen molar-refractivity contribution in [2.45, 2.75) is 13.5 Å². The van der Waals surface area contributed by atoms with Crippen LogP contribution in [-0.2, 0) is 16.1 Å². The number of para-hydroxylation sites is 1. The summed E-state index contributed by atoms with van der Waals surface area (Å²) in [7, 11) is 1.63. The highest BCUT2D eigenvalue weighted by Crippen LogP contribution is 2.23. The van der Waals surface area contributed by atoms with Gasteiger partial charge in [0.05, 0.1) is 23.9 Å². The fraction of sp³-hybridized carbons (Fsp3) is 0.300. The summed E-state index contributed by atoms with van der Waals surface area (Å²) < 4.78 is 19.3. The summed E-state index contributed by atoms with van der Waals surface area (Å²) in [5.41, 5.74) is 0.996. The molecule has 0 bridgehead atoms. The monoisotopic (exact) mass is 386 g/mol. The molecule has 0 radical (unpaired) electrons. The molecule has 3 rings (SSSR count). The van der Waals surface area contributed by atoms with Crippen LogP contribution in [0.5, 0.6) is 11.5 Å². The van der Waals surface area contributed by atoms with Gasteiger partial charge in [-0.1, -0.05) is 29.5 Å². The van der Waals surface area contributed by atoms with Crippen molar-refractivity contribution in [2.75, 3.05) is 26.9 Å². The van der Waals surface area contributed by atoms with E-state index in [-0.39, 0.29) is 12.5 Å². The van der Waals surface area contributed by atoms with Crippen LogP contribution in [0.3, 0.4) is 0 Å². The van der Waals surface area contributed by atoms with Crippen molar-refractivity contribution in [3.8, 4) is 11.5 Å². The van der Waals surface area contributed by atoms with E-state index in [0.29, 0.717) is 30.3 Å². The number of thiazole rings is 1. The number of aromatic nitrogens is 1. The lowest BCUT2D eigenvalue weighted by atomic mass is 10.3. The Morgan fingerprint density at radius 2 is 1.96 bits per heavy atom. The number of hydrogen-bond acceptors (Lipinski definition) is 5. The van der Waals surface area contributed by atoms with Gasteiger partial charge in [-0.2, -0.15) is 4.99 Å². The Labute approximate surface area is 161 Å². The van der Waals surface area contributed by atoms with Gasteiger partial charge in [0.25, 0.3) is 5.91 Å². The van der Waals surface area contributed by atoms with Crippen molar-refractivity contribution in [2.24, 2.45) is 4.99 Å². The van der Waals surface area contributed by atoms with E-state index in [0.717, 1.165) is 16.0 Å². The van der Waals surface area contributed by atoms with Crippen molar-refractivity contribution in [3.05, 3.63) is 53.3 Å². The fourth-order valence-corrected chi connectivity index (χ4v) is 3.68. The Morgan fingerprint density at radius 1 is 1.15 bits per heavy atom. The van der Waals surface area contributed by atoms with Crippen LogP contribution in [0.25, 0.3) is 10.2 Å². The molecular weight excluding hydrogens is 364 g/mol. The second-order valence-electron chi connectivity index (χ2n) is 5.67. The molecule has 2 aromatic carbocycles. The number of fused-ring (bicyclic) bond motifs is 1. The van der Waals surface area contributed by atoms with E-state index < -0.39 is 0 Å². The number of ether oxygens (including phenoxy) is 3. The molecule has 0 fully saturated rings. The topological polar surface area (TPSA) is 62.1 Å². The van der Waals surface area contributed by atoms with Gasteiger partial charge in [0.2, 0.25) is 0 Å². The molecule has 27 heavy (non-hydrogen) atoms. The number of nitrogens with zero attached hydrogens (tertiary/aromatic N) is 2. The van der Waals surface area contributed by atoms with Crippen LogP contribution in [0.15, 0.2) is 53.5 Å². The first-order valence-electron chi connectivity index (χ1n) is 8.71. The molecule has 0 aliphatic carbocycles. The van der Waals surface area contributed by atoms with Crippen LogP contribution in [0.2, 0.25) is 0 Å². The molecule has 1 heterocycles. The largest absolute Gasteiger partial charge is 0.497 e. The van der Waals surface area contributed by atoms with Crippen LogP contribution in [0.1, 0.15) is 6.92 Å². The fourth-order valence-electron chi connectivity index (χ4n) is 2.58. The van der Waals surface area contributed by atoms with Crippen LogP contribution in [-0.4, -0.2) is 37.4 Å². The molecule has 0 saturated heterocycles. The zero-order chi connectivity index (χ0) is 19.1. The molecule has 6 nitrogen and oxygen atoms in total. The van der Waals surface area contributed by atoms with Crippen molar-refractivity contribution in [3.63, 3.8) is 0 Å². The van der Waals surface area contributed by atoms with E-state index in [1.165, 1.54) is 11.3 Å². The standard InChI is InChI=1S/C20H22N2O4S/c1-3-25-12-11-22-17-10-9-16(24-2)13-18(17)27-20(22)21-19(23)14-26-15-7-5-4-6-8-15/h4-10,13H,3,11-12,14H2,1-2H3. The summed E-state index contributed by atoms with van der Waals surface area (Å²) in [5, 5.41) is 0. The van der Waals surface area contributed by atoms with Crippen molar-refractivity contribution in [1.29, 1.82) is 0 Å². The lowest BCUT2D eigenvalue weighted by Gasteiger charge is -2.06. The summed E-state index contributed by atoms with van der Waals surface area (Å²) in [4.78, 5) is 17.2. The first kappa shape index (κ1) is 19.1. The molecule has 1 amide bonds. The van der Waals surface area contributed by atoms with Gasteiger partial charge < -0.3 is 18.8 Å². The van der Waals surface area contributed by atoms with Gasteiger partial charge in [-0.25, -0.2) is 0 Å². The molecule has 0 N–H and O–H groups in total. The third-order valence-corrected chi connectivity index (χ3v) is 4.92. The van der Waals surface area contributed by atoms with E-state index in [4.69, 9.17) is 14.2 Å². The quantitative estimate of drug-likeness (QED) is 0.558. The average molecular weight is 386 g/mol. The molecule has 0 spiro atoms. The zero-order valence-corrected chi connectivity index (χ0v) is 16.2. The third-order valence-electron chi connectivity index (χ3n) is 3.88. The number of rotatable bonds is 8. The number of methoxy groups -OCH3 is 1. The smallest absolute Gasteiger partial charge is 0.286 e. The molecule has 0 atom stereocenters. The number of hydrogen-bond donors (Lipinski definition) is 0. The Kier molecular flexibility index (Phi) is 6.62. The maximum Gasteiger partial charge on any atom is 0.286 e. The van der Waals surface area contributed by atoms with Crippen LogP contribution >= 0.6 is 11.3 Å². The Hall–Kier alpha value is -2.64. The molecule has 0 aliphatic rings. The van der Waals surface area contributed by atoms with Crippen LogP contribution < -0.4 is 14.3 Å². The van der Waals surface area contributed by atoms with Gasteiger partial charge in [-0.3, -0.25) is 4.79 Å². The highest BCUT2D eigenvalue weighted by atomic mass is 32.1. The maximum atomic E-state index is 12.3. The lowest BCUT2D eigenvalue weighted by molar-refractivity contribution is -0.120. The second-order valence-corrected chi connectivity index (χ2v) is 6.68. The van der Waals surface area contributed by atoms with E-state index >= 15 is 0 Å². The van der Waals surface area contributed by atoms with Gasteiger partial charge in [-0.05, 0) is 37.3 Å². The van der Waals surface area contributed by atoms with Crippen LogP contribution in [0.4, 0.5) is 0 Å². The molecule has 0 unspecified atom stereocenters. The summed E-state index contributed by atoms with van der Waals surface area (Å²) in [6.07, 6.45) is 0. The zero-order valence-electron chi connectivity index (χ0n) is 15.4. The van der Waals surface area contributed by atoms with E-state index in [1.54, 1.807) is 19.2 Å². The molecule has 3 aromatic rings. The van der Waals surface area contributed by atoms with Crippen molar-refractivity contribution in [1.82, 2.24) is 4.57 Å². The van der Waals surface area contributed by atoms with E-state index in [1.807, 2.05) is 47.9 Å². The first-order chi connectivity index (χ1) is 13.2. The Morgan fingerprint density at radius 3 is 2.70 bits per heavy atom. The predicted molar refractivity (Wildman–Crippen MR) is 105 cm³/mol. The molecule has 142 valence electrons. The summed E-state index contributed by atoms with van der Waals surface area (Å²) in [5.74, 6) is 1.08. The van der Waals surface area contributed by atoms with Gasteiger partial charge in [0.15, 0.2) is 11.4 Å². The molecule has 0 aliphatic heterocycles. The minimum absolute atomic E-state index is 0.104. The Balaban J connectivity index is 1.86. The average Bonchev–Trinajstić information content (AvgIpc) is 3.03. The van der Waals surface area contributed by atoms with E-state index in [9.17, 15) is 4.79 Å². The number of benzene rings is 2. The number of amides is 1. The number of carbonyl (C=O) groups is 1. The van der Waals surface area contributed by atoms with Gasteiger partial charge in [0, 0.05) is 13.2 Å². The summed E-state index contributed by atoms with van der Waals surface area (Å²) >= 11 is 1.45. The minimum atomic E-state index is -0.331. The highest BCUT2D eigenvalue weighted by molar-refractivity contribution is 7.16. The minimum Gasteiger partial charge on any atom is -0.497 e. The second kappa shape index (κ2) is 9.34. The molecule has 0 saturated carbocycles. The van der Waals surface area contributed by atoms with E-state index in [2.05, 4.69) is 4.99 Å². The predicted octanol–water partition coefficient (Wildman–Crippen LogP) is 3.25. The molecule has 1 aromatic heterocycles. The van der Waals surface area contributed by atoms with Gasteiger partial charge >= 0.3 is 0 Å². The molecular formula is C20H22N2O4S. The Bertz CT molecular complexity index is 963. The normalized spacial score (nSPS) is 11.7. The van der Waals surface area contributed by atoms with Crippen LogP contribution in [0, 0.1) is 0 Å². The third kappa shape index (κ3) is 4.96. The first-order valence-corrected chi connectivity index (χ1v) is 9.53. The maximum absolute atomic E-state index is 12.3. The SMILES string of the molecule is CCOCCn1c(=NC(=O)COc2ccccc2)sc2cc(OC)ccc21. The highest BCUT2D eigenvalue weighted by Gasteiger charge is 2.09. The summed E-state index contributed by atoms with van der Waals surface area (Å²) in [6.45, 7) is 3.67. The van der Waals surface area contributed by atoms with Crippen molar-refractivity contribution >= 4 is 27.5 Å². The summed E-state index contributed by atoms with van der Waals surface area (Å²) in [6, 6.07) is 15.0. The van der Waals surface area contributed by atoms with Gasteiger partial charge in [0.1, 0.15) is 11.5 Å². The van der Waals surface area contributed by atoms with Crippen molar-refractivity contribution < 1.29 is 19.0 Å². The lowest BCUT2D eigenvalue weighted by Crippen LogP contribution is -2.21. The molecule has 7 heteroatoms.